The Morgan fingerprint density at radius 2 is 0.932 bits per heavy atom. The number of unbranched alkanes of at least 4 members (excludes halogenated alkanes) is 21. The molecule has 0 heterocycles. The minimum absolute atomic E-state index is 0.0533. The fourth-order valence-electron chi connectivity index (χ4n) is 6.43. The Labute approximate surface area is 361 Å². The average Bonchev–Trinajstić information content (AvgIpc) is 3.22. The van der Waals surface area contributed by atoms with Crippen LogP contribution in [-0.2, 0) is 32.7 Å². The zero-order valence-corrected chi connectivity index (χ0v) is 38.6. The zero-order valence-electron chi connectivity index (χ0n) is 37.7. The van der Waals surface area contributed by atoms with Gasteiger partial charge in [0.2, 0.25) is 0 Å². The molecule has 59 heavy (non-hydrogen) atoms. The van der Waals surface area contributed by atoms with Gasteiger partial charge in [0, 0.05) is 19.4 Å². The molecule has 0 saturated carbocycles. The minimum atomic E-state index is -4.36. The molecule has 0 aliphatic rings. The summed E-state index contributed by atoms with van der Waals surface area (Å²) in [6.45, 7) is 3.52. The van der Waals surface area contributed by atoms with Crippen molar-refractivity contribution >= 4 is 19.8 Å². The van der Waals surface area contributed by atoms with Crippen molar-refractivity contribution in [3.05, 3.63) is 60.8 Å². The largest absolute Gasteiger partial charge is 0.472 e. The molecule has 10 heteroatoms. The normalized spacial score (nSPS) is 13.8. The number of rotatable bonds is 44. The Hall–Kier alpha value is -2.29. The van der Waals surface area contributed by atoms with Gasteiger partial charge in [0.1, 0.15) is 6.61 Å². The SMILES string of the molecule is CC/C=C\C/C=C\C/C=C\C/C=C\C/C=C\CCCCCCCCCCCCCCCCCCCC(=O)OC(COC(=O)CCCCCCC)COP(=O)(O)OCCN. The molecule has 0 aromatic heterocycles. The lowest BCUT2D eigenvalue weighted by molar-refractivity contribution is -0.161. The van der Waals surface area contributed by atoms with E-state index in [4.69, 9.17) is 24.3 Å². The Morgan fingerprint density at radius 1 is 0.525 bits per heavy atom. The van der Waals surface area contributed by atoms with Crippen molar-refractivity contribution in [1.82, 2.24) is 0 Å². The van der Waals surface area contributed by atoms with Crippen LogP contribution >= 0.6 is 7.82 Å². The number of phosphoric acid groups is 1. The summed E-state index contributed by atoms with van der Waals surface area (Å²) in [6.07, 6.45) is 54.7. The van der Waals surface area contributed by atoms with E-state index in [1.165, 1.54) is 89.9 Å². The second kappa shape index (κ2) is 45.2. The molecule has 0 aliphatic carbocycles. The lowest BCUT2D eigenvalue weighted by Crippen LogP contribution is -2.29. The molecule has 3 N–H and O–H groups in total. The van der Waals surface area contributed by atoms with Gasteiger partial charge in [-0.05, 0) is 57.8 Å². The molecule has 2 atom stereocenters. The van der Waals surface area contributed by atoms with Crippen LogP contribution in [0.1, 0.15) is 206 Å². The van der Waals surface area contributed by atoms with Gasteiger partial charge in [0.25, 0.3) is 0 Å². The highest BCUT2D eigenvalue weighted by Gasteiger charge is 2.26. The number of allylic oxidation sites excluding steroid dienone is 10. The first-order valence-corrected chi connectivity index (χ1v) is 25.3. The molecule has 0 aromatic carbocycles. The summed E-state index contributed by atoms with van der Waals surface area (Å²) in [5.41, 5.74) is 5.33. The number of carbonyl (C=O) groups is 2. The van der Waals surface area contributed by atoms with E-state index in [2.05, 4.69) is 74.6 Å². The van der Waals surface area contributed by atoms with E-state index in [9.17, 15) is 19.0 Å². The number of ether oxygens (including phenoxy) is 2. The van der Waals surface area contributed by atoms with Crippen LogP contribution in [0, 0.1) is 0 Å². The lowest BCUT2D eigenvalue weighted by atomic mass is 10.0. The van der Waals surface area contributed by atoms with Gasteiger partial charge in [-0.15, -0.1) is 0 Å². The summed E-state index contributed by atoms with van der Waals surface area (Å²) in [4.78, 5) is 34.5. The van der Waals surface area contributed by atoms with Crippen molar-refractivity contribution < 1.29 is 37.6 Å². The molecule has 0 aliphatic heterocycles. The van der Waals surface area contributed by atoms with Crippen molar-refractivity contribution in [3.63, 3.8) is 0 Å². The Kier molecular flexibility index (Phi) is 43.5. The van der Waals surface area contributed by atoms with Gasteiger partial charge in [0.05, 0.1) is 13.2 Å². The average molecular weight is 850 g/mol. The van der Waals surface area contributed by atoms with Crippen molar-refractivity contribution in [3.8, 4) is 0 Å². The topological polar surface area (TPSA) is 134 Å². The lowest BCUT2D eigenvalue weighted by Gasteiger charge is -2.19. The van der Waals surface area contributed by atoms with Crippen LogP contribution in [0.4, 0.5) is 0 Å². The van der Waals surface area contributed by atoms with Gasteiger partial charge >= 0.3 is 19.8 Å². The van der Waals surface area contributed by atoms with Gasteiger partial charge in [-0.2, -0.15) is 0 Å². The molecule has 0 saturated heterocycles. The van der Waals surface area contributed by atoms with E-state index in [0.717, 1.165) is 83.5 Å². The van der Waals surface area contributed by atoms with Crippen LogP contribution in [0.2, 0.25) is 0 Å². The molecule has 0 spiro atoms. The molecule has 2 unspecified atom stereocenters. The van der Waals surface area contributed by atoms with Crippen LogP contribution in [0.15, 0.2) is 60.8 Å². The Morgan fingerprint density at radius 3 is 1.39 bits per heavy atom. The highest BCUT2D eigenvalue weighted by molar-refractivity contribution is 7.47. The summed E-state index contributed by atoms with van der Waals surface area (Å²) >= 11 is 0. The second-order valence-corrected chi connectivity index (χ2v) is 17.1. The van der Waals surface area contributed by atoms with Crippen LogP contribution in [0.5, 0.6) is 0 Å². The van der Waals surface area contributed by atoms with E-state index < -0.39 is 32.5 Å². The van der Waals surface area contributed by atoms with Gasteiger partial charge in [-0.3, -0.25) is 18.6 Å². The van der Waals surface area contributed by atoms with Crippen molar-refractivity contribution in [2.45, 2.75) is 213 Å². The fourth-order valence-corrected chi connectivity index (χ4v) is 7.19. The molecular weight excluding hydrogens is 762 g/mol. The third-order valence-electron chi connectivity index (χ3n) is 9.92. The predicted molar refractivity (Wildman–Crippen MR) is 247 cm³/mol. The minimum Gasteiger partial charge on any atom is -0.462 e. The van der Waals surface area contributed by atoms with E-state index in [-0.39, 0.29) is 32.6 Å². The summed E-state index contributed by atoms with van der Waals surface area (Å²) < 4.78 is 32.6. The maximum Gasteiger partial charge on any atom is 0.472 e. The third-order valence-corrected chi connectivity index (χ3v) is 10.9. The first-order chi connectivity index (χ1) is 28.8. The molecule has 0 amide bonds. The number of carbonyl (C=O) groups excluding carboxylic acids is 2. The van der Waals surface area contributed by atoms with E-state index >= 15 is 0 Å². The van der Waals surface area contributed by atoms with Crippen LogP contribution in [0.25, 0.3) is 0 Å². The number of nitrogens with two attached hydrogens (primary N) is 1. The van der Waals surface area contributed by atoms with E-state index in [1.807, 2.05) is 0 Å². The Bertz CT molecular complexity index is 1150. The second-order valence-electron chi connectivity index (χ2n) is 15.6. The van der Waals surface area contributed by atoms with E-state index in [0.29, 0.717) is 6.42 Å². The number of hydrogen-bond acceptors (Lipinski definition) is 8. The maximum absolute atomic E-state index is 12.5. The van der Waals surface area contributed by atoms with E-state index in [1.54, 1.807) is 0 Å². The highest BCUT2D eigenvalue weighted by Crippen LogP contribution is 2.43. The summed E-state index contributed by atoms with van der Waals surface area (Å²) in [6, 6.07) is 0. The van der Waals surface area contributed by atoms with Crippen LogP contribution in [0.3, 0.4) is 0 Å². The molecule has 342 valence electrons. The van der Waals surface area contributed by atoms with Crippen molar-refractivity contribution in [2.24, 2.45) is 5.73 Å². The van der Waals surface area contributed by atoms with Crippen LogP contribution in [-0.4, -0.2) is 49.3 Å². The molecule has 0 aromatic rings. The quantitative estimate of drug-likeness (QED) is 0.0266. The van der Waals surface area contributed by atoms with Gasteiger partial charge in [-0.1, -0.05) is 197 Å². The van der Waals surface area contributed by atoms with Crippen molar-refractivity contribution in [2.75, 3.05) is 26.4 Å². The molecule has 0 bridgehead atoms. The standard InChI is InChI=1S/C49H88NO8P/c1-3-5-7-9-10-11-12-13-14-15-16-17-18-19-20-21-22-23-24-25-26-27-28-29-30-31-32-33-34-35-36-38-40-42-49(52)58-47(46-57-59(53,54)56-44-43-50)45-55-48(51)41-39-37-8-6-4-2/h5,7,10-11,13-14,16-17,19-20,47H,3-4,6,8-9,12,15,18,21-46,50H2,1-2H3,(H,53,54)/b7-5-,11-10-,14-13-,17-16-,20-19-. The molecule has 0 radical (unpaired) electrons. The number of esters is 2. The smallest absolute Gasteiger partial charge is 0.462 e. The van der Waals surface area contributed by atoms with Crippen LogP contribution < -0.4 is 5.73 Å². The first-order valence-electron chi connectivity index (χ1n) is 23.8. The summed E-state index contributed by atoms with van der Waals surface area (Å²) in [5, 5.41) is 0. The summed E-state index contributed by atoms with van der Waals surface area (Å²) in [7, 11) is -4.36. The zero-order chi connectivity index (χ0) is 43.2. The first kappa shape index (κ1) is 56.7. The summed E-state index contributed by atoms with van der Waals surface area (Å²) in [5.74, 6) is -0.840. The van der Waals surface area contributed by atoms with Gasteiger partial charge in [0.15, 0.2) is 6.10 Å². The monoisotopic (exact) mass is 850 g/mol. The van der Waals surface area contributed by atoms with Gasteiger partial charge < -0.3 is 20.1 Å². The highest BCUT2D eigenvalue weighted by atomic mass is 31.2. The maximum atomic E-state index is 12.5. The van der Waals surface area contributed by atoms with Gasteiger partial charge in [-0.25, -0.2) is 4.57 Å². The van der Waals surface area contributed by atoms with Crippen molar-refractivity contribution in [1.29, 1.82) is 0 Å². The number of hydrogen-bond donors (Lipinski definition) is 2. The fraction of sp³-hybridized carbons (Fsp3) is 0.755. The number of phosphoric ester groups is 1. The third kappa shape index (κ3) is 45.1. The molecular formula is C49H88NO8P. The molecule has 0 rings (SSSR count). The predicted octanol–water partition coefficient (Wildman–Crippen LogP) is 14.1. The molecule has 0 fully saturated rings. The molecule has 9 nitrogen and oxygen atoms in total. The Balaban J connectivity index is 3.77.